The first-order chi connectivity index (χ1) is 8.70. The molecule has 0 aromatic heterocycles. The van der Waals surface area contributed by atoms with E-state index in [4.69, 9.17) is 5.73 Å². The number of nitrogens with two attached hydrogens (primary N) is 1. The van der Waals surface area contributed by atoms with E-state index in [0.717, 1.165) is 24.9 Å². The number of rotatable bonds is 3. The number of benzene rings is 1. The summed E-state index contributed by atoms with van der Waals surface area (Å²) in [6, 6.07) is 8.03. The van der Waals surface area contributed by atoms with Crippen molar-refractivity contribution in [3.63, 3.8) is 0 Å². The zero-order valence-corrected chi connectivity index (χ0v) is 10.8. The maximum absolute atomic E-state index is 12.1. The first-order valence-corrected chi connectivity index (χ1v) is 6.54. The van der Waals surface area contributed by atoms with Crippen LogP contribution in [0, 0.1) is 0 Å². The first kappa shape index (κ1) is 13.1. The Morgan fingerprint density at radius 3 is 2.78 bits per heavy atom. The van der Waals surface area contributed by atoms with Crippen LogP contribution in [0.5, 0.6) is 0 Å². The Labute approximate surface area is 108 Å². The highest BCUT2D eigenvalue weighted by Crippen LogP contribution is 2.10. The zero-order chi connectivity index (χ0) is 13.0. The van der Waals surface area contributed by atoms with Crippen LogP contribution in [0.1, 0.15) is 35.7 Å². The van der Waals surface area contributed by atoms with Gasteiger partial charge >= 0.3 is 0 Å². The smallest absolute Gasteiger partial charge is 0.251 e. The van der Waals surface area contributed by atoms with Crippen molar-refractivity contribution >= 4 is 5.91 Å². The minimum absolute atomic E-state index is 0.000813. The molecule has 98 valence electrons. The second kappa shape index (κ2) is 5.98. The van der Waals surface area contributed by atoms with Crippen LogP contribution in [0.2, 0.25) is 0 Å². The molecule has 4 N–H and O–H groups in total. The standard InChI is InChI=1S/C14H21N3O/c1-10-13(3-2-8-16-10)17-14(18)12-6-4-11(9-15)5-7-12/h4-7,10,13,16H,2-3,8-9,15H2,1H3,(H,17,18). The zero-order valence-electron chi connectivity index (χ0n) is 10.8. The van der Waals surface area contributed by atoms with Crippen molar-refractivity contribution in [3.05, 3.63) is 35.4 Å². The lowest BCUT2D eigenvalue weighted by Crippen LogP contribution is -2.51. The molecule has 0 spiro atoms. The lowest BCUT2D eigenvalue weighted by atomic mass is 9.99. The van der Waals surface area contributed by atoms with Gasteiger partial charge in [0.2, 0.25) is 0 Å². The highest BCUT2D eigenvalue weighted by atomic mass is 16.1. The Bertz CT molecular complexity index is 402. The summed E-state index contributed by atoms with van der Waals surface area (Å²) in [6.45, 7) is 3.66. The summed E-state index contributed by atoms with van der Waals surface area (Å²) in [7, 11) is 0. The van der Waals surface area contributed by atoms with Gasteiger partial charge in [-0.15, -0.1) is 0 Å². The van der Waals surface area contributed by atoms with E-state index in [9.17, 15) is 4.79 Å². The Morgan fingerprint density at radius 2 is 2.17 bits per heavy atom. The fourth-order valence-corrected chi connectivity index (χ4v) is 2.29. The minimum Gasteiger partial charge on any atom is -0.348 e. The number of hydrogen-bond acceptors (Lipinski definition) is 3. The molecule has 2 rings (SSSR count). The van der Waals surface area contributed by atoms with Crippen LogP contribution in [0.3, 0.4) is 0 Å². The molecule has 0 radical (unpaired) electrons. The highest BCUT2D eigenvalue weighted by Gasteiger charge is 2.22. The molecule has 0 saturated carbocycles. The molecule has 1 aliphatic rings. The van der Waals surface area contributed by atoms with Crippen molar-refractivity contribution < 1.29 is 4.79 Å². The normalized spacial score (nSPS) is 23.7. The lowest BCUT2D eigenvalue weighted by Gasteiger charge is -2.30. The second-order valence-electron chi connectivity index (χ2n) is 4.87. The Kier molecular flexibility index (Phi) is 4.33. The number of hydrogen-bond donors (Lipinski definition) is 3. The molecule has 4 heteroatoms. The van der Waals surface area contributed by atoms with Gasteiger partial charge in [0.1, 0.15) is 0 Å². The first-order valence-electron chi connectivity index (χ1n) is 6.54. The molecule has 1 aliphatic heterocycles. The van der Waals surface area contributed by atoms with Gasteiger partial charge < -0.3 is 16.4 Å². The van der Waals surface area contributed by atoms with Gasteiger partial charge in [-0.1, -0.05) is 12.1 Å². The number of piperidine rings is 1. The fourth-order valence-electron chi connectivity index (χ4n) is 2.29. The molecule has 1 heterocycles. The van der Waals surface area contributed by atoms with Gasteiger partial charge in [-0.25, -0.2) is 0 Å². The molecular formula is C14H21N3O. The highest BCUT2D eigenvalue weighted by molar-refractivity contribution is 5.94. The summed E-state index contributed by atoms with van der Waals surface area (Å²) in [5.74, 6) is -0.000813. The topological polar surface area (TPSA) is 67.1 Å². The molecule has 1 fully saturated rings. The quantitative estimate of drug-likeness (QED) is 0.747. The van der Waals surface area contributed by atoms with Crippen molar-refractivity contribution in [2.75, 3.05) is 6.54 Å². The summed E-state index contributed by atoms with van der Waals surface area (Å²) in [6.07, 6.45) is 2.15. The molecule has 0 bridgehead atoms. The van der Waals surface area contributed by atoms with E-state index in [-0.39, 0.29) is 11.9 Å². The fraction of sp³-hybridized carbons (Fsp3) is 0.500. The molecule has 1 saturated heterocycles. The number of amides is 1. The molecule has 1 aromatic carbocycles. The maximum Gasteiger partial charge on any atom is 0.251 e. The monoisotopic (exact) mass is 247 g/mol. The van der Waals surface area contributed by atoms with Gasteiger partial charge in [0.15, 0.2) is 0 Å². The number of carbonyl (C=O) groups excluding carboxylic acids is 1. The predicted molar refractivity (Wildman–Crippen MR) is 72.3 cm³/mol. The van der Waals surface area contributed by atoms with Crippen LogP contribution in [-0.4, -0.2) is 24.5 Å². The predicted octanol–water partition coefficient (Wildman–Crippen LogP) is 1.02. The largest absolute Gasteiger partial charge is 0.348 e. The Balaban J connectivity index is 1.97. The van der Waals surface area contributed by atoms with Crippen LogP contribution in [0.15, 0.2) is 24.3 Å². The average molecular weight is 247 g/mol. The molecule has 2 unspecified atom stereocenters. The van der Waals surface area contributed by atoms with Crippen molar-refractivity contribution in [2.24, 2.45) is 5.73 Å². The number of carbonyl (C=O) groups is 1. The Hall–Kier alpha value is -1.39. The van der Waals surface area contributed by atoms with Crippen LogP contribution in [0.4, 0.5) is 0 Å². The summed E-state index contributed by atoms with van der Waals surface area (Å²) in [5.41, 5.74) is 7.27. The van der Waals surface area contributed by atoms with Crippen molar-refractivity contribution in [2.45, 2.75) is 38.4 Å². The molecule has 1 amide bonds. The molecule has 4 nitrogen and oxygen atoms in total. The summed E-state index contributed by atoms with van der Waals surface area (Å²) >= 11 is 0. The third-order valence-corrected chi connectivity index (χ3v) is 3.53. The Morgan fingerprint density at radius 1 is 1.44 bits per heavy atom. The van der Waals surface area contributed by atoms with Gasteiger partial charge in [0.05, 0.1) is 0 Å². The maximum atomic E-state index is 12.1. The summed E-state index contributed by atoms with van der Waals surface area (Å²) in [4.78, 5) is 12.1. The molecule has 18 heavy (non-hydrogen) atoms. The van der Waals surface area contributed by atoms with Crippen molar-refractivity contribution in [3.8, 4) is 0 Å². The van der Waals surface area contributed by atoms with Gasteiger partial charge in [-0.05, 0) is 44.0 Å². The van der Waals surface area contributed by atoms with Gasteiger partial charge in [-0.3, -0.25) is 4.79 Å². The van der Waals surface area contributed by atoms with Gasteiger partial charge in [0.25, 0.3) is 5.91 Å². The second-order valence-corrected chi connectivity index (χ2v) is 4.87. The van der Waals surface area contributed by atoms with Gasteiger partial charge in [-0.2, -0.15) is 0 Å². The van der Waals surface area contributed by atoms with Crippen LogP contribution in [0.25, 0.3) is 0 Å². The molecular weight excluding hydrogens is 226 g/mol. The number of nitrogens with one attached hydrogen (secondary N) is 2. The van der Waals surface area contributed by atoms with E-state index in [1.807, 2.05) is 24.3 Å². The van der Waals surface area contributed by atoms with E-state index in [1.54, 1.807) is 0 Å². The van der Waals surface area contributed by atoms with Gasteiger partial charge in [0, 0.05) is 24.2 Å². The van der Waals surface area contributed by atoms with E-state index in [2.05, 4.69) is 17.6 Å². The molecule has 1 aromatic rings. The van der Waals surface area contributed by atoms with E-state index < -0.39 is 0 Å². The lowest BCUT2D eigenvalue weighted by molar-refractivity contribution is 0.0920. The SMILES string of the molecule is CC1NCCCC1NC(=O)c1ccc(CN)cc1. The molecule has 2 atom stereocenters. The third-order valence-electron chi connectivity index (χ3n) is 3.53. The van der Waals surface area contributed by atoms with Crippen LogP contribution in [-0.2, 0) is 6.54 Å². The van der Waals surface area contributed by atoms with E-state index >= 15 is 0 Å². The minimum atomic E-state index is -0.000813. The third kappa shape index (κ3) is 3.09. The van der Waals surface area contributed by atoms with E-state index in [1.165, 1.54) is 0 Å². The average Bonchev–Trinajstić information content (AvgIpc) is 2.41. The van der Waals surface area contributed by atoms with E-state index in [0.29, 0.717) is 18.2 Å². The summed E-state index contributed by atoms with van der Waals surface area (Å²) < 4.78 is 0. The van der Waals surface area contributed by atoms with Crippen LogP contribution >= 0.6 is 0 Å². The van der Waals surface area contributed by atoms with Crippen LogP contribution < -0.4 is 16.4 Å². The van der Waals surface area contributed by atoms with Crippen molar-refractivity contribution in [1.29, 1.82) is 0 Å². The van der Waals surface area contributed by atoms with Crippen molar-refractivity contribution in [1.82, 2.24) is 10.6 Å². The molecule has 0 aliphatic carbocycles. The summed E-state index contributed by atoms with van der Waals surface area (Å²) in [5, 5.41) is 6.47.